The van der Waals surface area contributed by atoms with Crippen molar-refractivity contribution in [3.05, 3.63) is 40.6 Å². The summed E-state index contributed by atoms with van der Waals surface area (Å²) in [5.74, 6) is 0.804. The van der Waals surface area contributed by atoms with Gasteiger partial charge in [-0.2, -0.15) is 0 Å². The number of fused-ring (bicyclic) bond motifs is 1. The number of nitrogens with one attached hydrogen (secondary N) is 1. The minimum absolute atomic E-state index is 0.662. The summed E-state index contributed by atoms with van der Waals surface area (Å²) in [5, 5.41) is 7.33. The summed E-state index contributed by atoms with van der Waals surface area (Å²) < 4.78 is 0. The van der Waals surface area contributed by atoms with Gasteiger partial charge in [0.2, 0.25) is 0 Å². The molecule has 0 aliphatic carbocycles. The van der Waals surface area contributed by atoms with Gasteiger partial charge < -0.3 is 11.1 Å². The van der Waals surface area contributed by atoms with Crippen LogP contribution in [-0.2, 0) is 6.54 Å². The van der Waals surface area contributed by atoms with Gasteiger partial charge in [-0.1, -0.05) is 0 Å². The lowest BCUT2D eigenvalue weighted by molar-refractivity contribution is 1.06. The molecule has 6 heteroatoms. The van der Waals surface area contributed by atoms with E-state index >= 15 is 0 Å². The number of benzene rings is 1. The molecule has 0 aliphatic heterocycles. The van der Waals surface area contributed by atoms with Gasteiger partial charge in [-0.15, -0.1) is 11.3 Å². The highest BCUT2D eigenvalue weighted by Crippen LogP contribution is 2.22. The molecule has 0 atom stereocenters. The summed E-state index contributed by atoms with van der Waals surface area (Å²) in [6.45, 7) is 2.65. The summed E-state index contributed by atoms with van der Waals surface area (Å²) in [4.78, 5) is 12.9. The van der Waals surface area contributed by atoms with E-state index in [0.29, 0.717) is 12.2 Å². The molecule has 1 aromatic carbocycles. The fourth-order valence-corrected chi connectivity index (χ4v) is 2.57. The molecular formula is C13H13N5S. The third kappa shape index (κ3) is 2.48. The van der Waals surface area contributed by atoms with Crippen LogP contribution >= 0.6 is 11.3 Å². The normalized spacial score (nSPS) is 10.8. The second-order valence-electron chi connectivity index (χ2n) is 4.24. The Balaban J connectivity index is 1.88. The summed E-state index contributed by atoms with van der Waals surface area (Å²) in [7, 11) is 0. The number of aryl methyl sites for hydroxylation is 1. The van der Waals surface area contributed by atoms with Crippen LogP contribution in [0.25, 0.3) is 10.9 Å². The van der Waals surface area contributed by atoms with Crippen LogP contribution in [0.15, 0.2) is 29.9 Å². The molecule has 5 nitrogen and oxygen atoms in total. The summed E-state index contributed by atoms with van der Waals surface area (Å²) in [6, 6.07) is 5.63. The van der Waals surface area contributed by atoms with Crippen molar-refractivity contribution in [1.29, 1.82) is 0 Å². The molecule has 96 valence electrons. The highest BCUT2D eigenvalue weighted by atomic mass is 32.1. The van der Waals surface area contributed by atoms with Crippen molar-refractivity contribution >= 4 is 33.7 Å². The van der Waals surface area contributed by atoms with Gasteiger partial charge in [0.25, 0.3) is 0 Å². The number of hydrogen-bond acceptors (Lipinski definition) is 6. The first-order valence-electron chi connectivity index (χ1n) is 5.87. The highest BCUT2D eigenvalue weighted by molar-refractivity contribution is 7.09. The van der Waals surface area contributed by atoms with Gasteiger partial charge >= 0.3 is 0 Å². The largest absolute Gasteiger partial charge is 0.399 e. The van der Waals surface area contributed by atoms with Gasteiger partial charge in [0.05, 0.1) is 12.1 Å². The first kappa shape index (κ1) is 11.9. The first-order valence-corrected chi connectivity index (χ1v) is 6.75. The number of nitrogens with two attached hydrogens (primary N) is 1. The van der Waals surface area contributed by atoms with Gasteiger partial charge in [0.15, 0.2) is 0 Å². The Morgan fingerprint density at radius 1 is 1.32 bits per heavy atom. The SMILES string of the molecule is Cc1csc(CNc2ncnc3cc(N)ccc23)n1. The average molecular weight is 271 g/mol. The zero-order valence-corrected chi connectivity index (χ0v) is 11.2. The van der Waals surface area contributed by atoms with Crippen LogP contribution in [0.1, 0.15) is 10.7 Å². The van der Waals surface area contributed by atoms with Crippen molar-refractivity contribution in [1.82, 2.24) is 15.0 Å². The molecule has 0 bridgehead atoms. The molecule has 0 saturated heterocycles. The van der Waals surface area contributed by atoms with Crippen LogP contribution in [0.5, 0.6) is 0 Å². The van der Waals surface area contributed by atoms with E-state index in [1.54, 1.807) is 11.3 Å². The molecule has 2 heterocycles. The Morgan fingerprint density at radius 2 is 2.21 bits per heavy atom. The standard InChI is InChI=1S/C13H13N5S/c1-8-6-19-12(18-8)5-15-13-10-3-2-9(14)4-11(10)16-7-17-13/h2-4,6-7H,5,14H2,1H3,(H,15,16,17). The topological polar surface area (TPSA) is 76.7 Å². The average Bonchev–Trinajstić information content (AvgIpc) is 2.81. The molecule has 0 fully saturated rings. The van der Waals surface area contributed by atoms with Crippen LogP contribution in [-0.4, -0.2) is 15.0 Å². The van der Waals surface area contributed by atoms with Crippen LogP contribution < -0.4 is 11.1 Å². The molecular weight excluding hydrogens is 258 g/mol. The van der Waals surface area contributed by atoms with Gasteiger partial charge in [0, 0.05) is 22.1 Å². The van der Waals surface area contributed by atoms with E-state index in [9.17, 15) is 0 Å². The van der Waals surface area contributed by atoms with Crippen molar-refractivity contribution in [2.24, 2.45) is 0 Å². The van der Waals surface area contributed by atoms with E-state index in [0.717, 1.165) is 27.4 Å². The molecule has 19 heavy (non-hydrogen) atoms. The smallest absolute Gasteiger partial charge is 0.137 e. The number of hydrogen-bond donors (Lipinski definition) is 2. The predicted molar refractivity (Wildman–Crippen MR) is 78.1 cm³/mol. The van der Waals surface area contributed by atoms with Gasteiger partial charge in [-0.05, 0) is 25.1 Å². The molecule has 3 aromatic rings. The van der Waals surface area contributed by atoms with E-state index in [-0.39, 0.29) is 0 Å². The molecule has 0 amide bonds. The number of thiazole rings is 1. The quantitative estimate of drug-likeness (QED) is 0.716. The Labute approximate surface area is 114 Å². The molecule has 3 rings (SSSR count). The van der Waals surface area contributed by atoms with Crippen molar-refractivity contribution < 1.29 is 0 Å². The van der Waals surface area contributed by atoms with Gasteiger partial charge in [-0.25, -0.2) is 15.0 Å². The van der Waals surface area contributed by atoms with E-state index in [1.807, 2.05) is 30.5 Å². The van der Waals surface area contributed by atoms with E-state index in [2.05, 4.69) is 20.3 Å². The maximum absolute atomic E-state index is 5.75. The number of aromatic nitrogens is 3. The Kier molecular flexibility index (Phi) is 3.00. The van der Waals surface area contributed by atoms with Gasteiger partial charge in [-0.3, -0.25) is 0 Å². The molecule has 0 unspecified atom stereocenters. The Morgan fingerprint density at radius 3 is 3.00 bits per heavy atom. The fourth-order valence-electron chi connectivity index (χ4n) is 1.86. The third-order valence-electron chi connectivity index (χ3n) is 2.73. The van der Waals surface area contributed by atoms with Crippen LogP contribution in [0.2, 0.25) is 0 Å². The third-order valence-corrected chi connectivity index (χ3v) is 3.70. The summed E-state index contributed by atoms with van der Waals surface area (Å²) >= 11 is 1.64. The molecule has 0 aliphatic rings. The second-order valence-corrected chi connectivity index (χ2v) is 5.18. The van der Waals surface area contributed by atoms with Crippen molar-refractivity contribution in [3.63, 3.8) is 0 Å². The Hall–Kier alpha value is -2.21. The van der Waals surface area contributed by atoms with E-state index in [1.165, 1.54) is 6.33 Å². The van der Waals surface area contributed by atoms with Crippen molar-refractivity contribution in [2.45, 2.75) is 13.5 Å². The predicted octanol–water partition coefficient (Wildman–Crippen LogP) is 2.59. The monoisotopic (exact) mass is 271 g/mol. The zero-order valence-electron chi connectivity index (χ0n) is 10.4. The van der Waals surface area contributed by atoms with Crippen LogP contribution in [0.3, 0.4) is 0 Å². The lowest BCUT2D eigenvalue weighted by Crippen LogP contribution is -2.02. The number of nitrogens with zero attached hydrogens (tertiary/aromatic N) is 3. The summed E-state index contributed by atoms with van der Waals surface area (Å²) in [5.41, 5.74) is 8.34. The van der Waals surface area contributed by atoms with E-state index < -0.39 is 0 Å². The second kappa shape index (κ2) is 4.81. The van der Waals surface area contributed by atoms with Crippen LogP contribution in [0, 0.1) is 6.92 Å². The molecule has 0 radical (unpaired) electrons. The lowest BCUT2D eigenvalue weighted by Gasteiger charge is -2.07. The molecule has 0 saturated carbocycles. The zero-order chi connectivity index (χ0) is 13.2. The maximum atomic E-state index is 5.75. The summed E-state index contributed by atoms with van der Waals surface area (Å²) in [6.07, 6.45) is 1.54. The minimum Gasteiger partial charge on any atom is -0.399 e. The van der Waals surface area contributed by atoms with E-state index in [4.69, 9.17) is 5.73 Å². The minimum atomic E-state index is 0.662. The first-order chi connectivity index (χ1) is 9.22. The molecule has 0 spiro atoms. The Bertz CT molecular complexity index is 722. The maximum Gasteiger partial charge on any atom is 0.137 e. The van der Waals surface area contributed by atoms with Gasteiger partial charge in [0.1, 0.15) is 17.2 Å². The molecule has 3 N–H and O–H groups in total. The number of rotatable bonds is 3. The number of anilines is 2. The van der Waals surface area contributed by atoms with Crippen LogP contribution in [0.4, 0.5) is 11.5 Å². The molecule has 2 aromatic heterocycles. The number of nitrogen functional groups attached to an aromatic ring is 1. The highest BCUT2D eigenvalue weighted by Gasteiger charge is 2.05. The van der Waals surface area contributed by atoms with Crippen molar-refractivity contribution in [3.8, 4) is 0 Å². The lowest BCUT2D eigenvalue weighted by atomic mass is 10.2. The van der Waals surface area contributed by atoms with Crippen molar-refractivity contribution in [2.75, 3.05) is 11.1 Å². The fraction of sp³-hybridized carbons (Fsp3) is 0.154.